The van der Waals surface area contributed by atoms with Crippen LogP contribution in [0.25, 0.3) is 0 Å². The molecule has 4 heteroatoms. The standard InChI is InChI=1S/C18H20N2O2/c1-22-16-9-5-8-15(12-16)18(21)20-11-10-19-13-17(20)14-6-3-2-4-7-14/h2-9,12,17,19H,10-11,13H2,1H3/t17-/m0/s1. The number of benzene rings is 2. The Balaban J connectivity index is 1.88. The molecule has 1 N–H and O–H groups in total. The van der Waals surface area contributed by atoms with Gasteiger partial charge in [-0.1, -0.05) is 36.4 Å². The SMILES string of the molecule is COc1cccc(C(=O)N2CCNC[C@H]2c2ccccc2)c1. The quantitative estimate of drug-likeness (QED) is 0.946. The molecule has 0 radical (unpaired) electrons. The molecule has 1 saturated heterocycles. The monoisotopic (exact) mass is 296 g/mol. The first-order valence-corrected chi connectivity index (χ1v) is 7.50. The van der Waals surface area contributed by atoms with Gasteiger partial charge in [0.15, 0.2) is 0 Å². The Kier molecular flexibility index (Phi) is 4.39. The Hall–Kier alpha value is -2.33. The summed E-state index contributed by atoms with van der Waals surface area (Å²) in [6.07, 6.45) is 0. The van der Waals surface area contributed by atoms with Crippen molar-refractivity contribution >= 4 is 5.91 Å². The minimum atomic E-state index is 0.0502. The van der Waals surface area contributed by atoms with Crippen LogP contribution in [0.2, 0.25) is 0 Å². The van der Waals surface area contributed by atoms with E-state index in [0.717, 1.165) is 18.7 Å². The molecule has 0 aromatic heterocycles. The maximum absolute atomic E-state index is 12.9. The Morgan fingerprint density at radius 3 is 2.77 bits per heavy atom. The highest BCUT2D eigenvalue weighted by atomic mass is 16.5. The van der Waals surface area contributed by atoms with E-state index in [4.69, 9.17) is 4.74 Å². The van der Waals surface area contributed by atoms with Gasteiger partial charge in [-0.25, -0.2) is 0 Å². The van der Waals surface area contributed by atoms with Crippen molar-refractivity contribution < 1.29 is 9.53 Å². The molecule has 4 nitrogen and oxygen atoms in total. The molecule has 0 spiro atoms. The van der Waals surface area contributed by atoms with Crippen molar-refractivity contribution in [1.29, 1.82) is 0 Å². The molecule has 1 atom stereocenters. The molecular formula is C18H20N2O2. The van der Waals surface area contributed by atoms with Crippen LogP contribution in [0.3, 0.4) is 0 Å². The topological polar surface area (TPSA) is 41.6 Å². The molecule has 0 saturated carbocycles. The van der Waals surface area contributed by atoms with E-state index in [1.807, 2.05) is 41.3 Å². The van der Waals surface area contributed by atoms with Gasteiger partial charge in [0.05, 0.1) is 13.2 Å². The molecule has 1 fully saturated rings. The molecule has 0 aliphatic carbocycles. The lowest BCUT2D eigenvalue weighted by Crippen LogP contribution is -2.48. The summed E-state index contributed by atoms with van der Waals surface area (Å²) in [6, 6.07) is 17.6. The number of carbonyl (C=O) groups is 1. The lowest BCUT2D eigenvalue weighted by Gasteiger charge is -2.36. The van der Waals surface area contributed by atoms with Gasteiger partial charge in [-0.15, -0.1) is 0 Å². The highest BCUT2D eigenvalue weighted by molar-refractivity contribution is 5.95. The molecule has 0 bridgehead atoms. The van der Waals surface area contributed by atoms with Crippen LogP contribution in [0.1, 0.15) is 22.0 Å². The lowest BCUT2D eigenvalue weighted by molar-refractivity contribution is 0.0634. The first kappa shape index (κ1) is 14.6. The molecule has 114 valence electrons. The summed E-state index contributed by atoms with van der Waals surface area (Å²) < 4.78 is 5.22. The number of piperazine rings is 1. The van der Waals surface area contributed by atoms with Gasteiger partial charge >= 0.3 is 0 Å². The highest BCUT2D eigenvalue weighted by Gasteiger charge is 2.28. The number of hydrogen-bond donors (Lipinski definition) is 1. The predicted molar refractivity (Wildman–Crippen MR) is 86.1 cm³/mol. The summed E-state index contributed by atoms with van der Waals surface area (Å²) in [5.41, 5.74) is 1.83. The maximum atomic E-state index is 12.9. The van der Waals surface area contributed by atoms with Gasteiger partial charge < -0.3 is 15.0 Å². The van der Waals surface area contributed by atoms with Crippen molar-refractivity contribution in [2.45, 2.75) is 6.04 Å². The number of nitrogens with one attached hydrogen (secondary N) is 1. The van der Waals surface area contributed by atoms with Gasteiger partial charge in [0.25, 0.3) is 5.91 Å². The van der Waals surface area contributed by atoms with Gasteiger partial charge in [-0.3, -0.25) is 4.79 Å². The lowest BCUT2D eigenvalue weighted by atomic mass is 10.0. The van der Waals surface area contributed by atoms with Gasteiger partial charge in [0.2, 0.25) is 0 Å². The smallest absolute Gasteiger partial charge is 0.254 e. The van der Waals surface area contributed by atoms with E-state index < -0.39 is 0 Å². The second-order valence-electron chi connectivity index (χ2n) is 5.36. The van der Waals surface area contributed by atoms with Crippen LogP contribution in [-0.2, 0) is 0 Å². The number of rotatable bonds is 3. The second-order valence-corrected chi connectivity index (χ2v) is 5.36. The summed E-state index contributed by atoms with van der Waals surface area (Å²) in [6.45, 7) is 2.30. The minimum absolute atomic E-state index is 0.0502. The van der Waals surface area contributed by atoms with Crippen LogP contribution in [0, 0.1) is 0 Å². The average Bonchev–Trinajstić information content (AvgIpc) is 2.62. The van der Waals surface area contributed by atoms with Crippen molar-refractivity contribution in [1.82, 2.24) is 10.2 Å². The summed E-state index contributed by atoms with van der Waals surface area (Å²) in [4.78, 5) is 14.8. The van der Waals surface area contributed by atoms with Crippen molar-refractivity contribution in [3.05, 3.63) is 65.7 Å². The minimum Gasteiger partial charge on any atom is -0.497 e. The van der Waals surface area contributed by atoms with Gasteiger partial charge in [0, 0.05) is 25.2 Å². The zero-order chi connectivity index (χ0) is 15.4. The molecule has 0 unspecified atom stereocenters. The number of amides is 1. The molecule has 1 aliphatic heterocycles. The Labute approximate surface area is 130 Å². The molecule has 2 aromatic carbocycles. The molecule has 3 rings (SSSR count). The largest absolute Gasteiger partial charge is 0.497 e. The highest BCUT2D eigenvalue weighted by Crippen LogP contribution is 2.25. The Bertz CT molecular complexity index is 643. The van der Waals surface area contributed by atoms with Gasteiger partial charge in [-0.05, 0) is 23.8 Å². The Morgan fingerprint density at radius 2 is 2.00 bits per heavy atom. The fourth-order valence-corrected chi connectivity index (χ4v) is 2.84. The van der Waals surface area contributed by atoms with E-state index in [9.17, 15) is 4.79 Å². The summed E-state index contributed by atoms with van der Waals surface area (Å²) >= 11 is 0. The molecule has 1 heterocycles. The van der Waals surface area contributed by atoms with Crippen molar-refractivity contribution in [3.63, 3.8) is 0 Å². The third kappa shape index (κ3) is 2.97. The molecule has 22 heavy (non-hydrogen) atoms. The fraction of sp³-hybridized carbons (Fsp3) is 0.278. The van der Waals surface area contributed by atoms with Crippen LogP contribution in [0.4, 0.5) is 0 Å². The zero-order valence-corrected chi connectivity index (χ0v) is 12.7. The van der Waals surface area contributed by atoms with Crippen LogP contribution in [0.5, 0.6) is 5.75 Å². The van der Waals surface area contributed by atoms with E-state index in [1.165, 1.54) is 0 Å². The van der Waals surface area contributed by atoms with Crippen LogP contribution >= 0.6 is 0 Å². The Morgan fingerprint density at radius 1 is 1.18 bits per heavy atom. The summed E-state index contributed by atoms with van der Waals surface area (Å²) in [5, 5.41) is 3.37. The summed E-state index contributed by atoms with van der Waals surface area (Å²) in [5.74, 6) is 0.756. The van der Waals surface area contributed by atoms with Crippen molar-refractivity contribution in [3.8, 4) is 5.75 Å². The van der Waals surface area contributed by atoms with Crippen LogP contribution in [0.15, 0.2) is 54.6 Å². The third-order valence-corrected chi connectivity index (χ3v) is 4.01. The first-order valence-electron chi connectivity index (χ1n) is 7.50. The number of nitrogens with zero attached hydrogens (tertiary/aromatic N) is 1. The van der Waals surface area contributed by atoms with Crippen molar-refractivity contribution in [2.24, 2.45) is 0 Å². The van der Waals surface area contributed by atoms with Crippen LogP contribution in [-0.4, -0.2) is 37.6 Å². The fourth-order valence-electron chi connectivity index (χ4n) is 2.84. The van der Waals surface area contributed by atoms with Crippen molar-refractivity contribution in [2.75, 3.05) is 26.7 Å². The number of carbonyl (C=O) groups excluding carboxylic acids is 1. The summed E-state index contributed by atoms with van der Waals surface area (Å²) in [7, 11) is 1.61. The normalized spacial score (nSPS) is 18.0. The van der Waals surface area contributed by atoms with Crippen LogP contribution < -0.4 is 10.1 Å². The predicted octanol–water partition coefficient (Wildman–Crippen LogP) is 2.48. The van der Waals surface area contributed by atoms with Gasteiger partial charge in [0.1, 0.15) is 5.75 Å². The first-order chi connectivity index (χ1) is 10.8. The zero-order valence-electron chi connectivity index (χ0n) is 12.7. The second kappa shape index (κ2) is 6.62. The van der Waals surface area contributed by atoms with E-state index in [1.54, 1.807) is 13.2 Å². The molecule has 1 amide bonds. The molecular weight excluding hydrogens is 276 g/mol. The number of hydrogen-bond acceptors (Lipinski definition) is 3. The number of ether oxygens (including phenoxy) is 1. The number of methoxy groups -OCH3 is 1. The molecule has 1 aliphatic rings. The van der Waals surface area contributed by atoms with E-state index in [0.29, 0.717) is 17.9 Å². The van der Waals surface area contributed by atoms with Gasteiger partial charge in [-0.2, -0.15) is 0 Å². The third-order valence-electron chi connectivity index (χ3n) is 4.01. The molecule has 2 aromatic rings. The van der Waals surface area contributed by atoms with E-state index >= 15 is 0 Å². The maximum Gasteiger partial charge on any atom is 0.254 e. The average molecular weight is 296 g/mol. The van der Waals surface area contributed by atoms with E-state index in [-0.39, 0.29) is 11.9 Å². The van der Waals surface area contributed by atoms with E-state index in [2.05, 4.69) is 17.4 Å².